The molecule has 3 nitrogen and oxygen atoms in total. The summed E-state index contributed by atoms with van der Waals surface area (Å²) >= 11 is 0. The molecule has 1 N–H and O–H groups in total. The molecule has 1 amide bonds. The Morgan fingerprint density at radius 1 is 1.32 bits per heavy atom. The molecule has 0 unspecified atom stereocenters. The number of nitrogens with zero attached hydrogens (tertiary/aromatic N) is 1. The summed E-state index contributed by atoms with van der Waals surface area (Å²) in [5.74, 6) is 0.117. The Hall–Kier alpha value is -1.77. The molecule has 2 rings (SSSR count). The van der Waals surface area contributed by atoms with Gasteiger partial charge in [0, 0.05) is 30.2 Å². The number of benzene rings is 1. The molecule has 0 radical (unpaired) electrons. The lowest BCUT2D eigenvalue weighted by Crippen LogP contribution is -2.28. The maximum atomic E-state index is 12.6. The SMILES string of the molecule is CCCCN(C)C(=O)c1c(C)[nH]c2cccc(C)c12. The van der Waals surface area contributed by atoms with Crippen LogP contribution < -0.4 is 0 Å². The fourth-order valence-electron chi connectivity index (χ4n) is 2.51. The summed E-state index contributed by atoms with van der Waals surface area (Å²) in [5, 5.41) is 1.06. The topological polar surface area (TPSA) is 36.1 Å². The highest BCUT2D eigenvalue weighted by atomic mass is 16.2. The summed E-state index contributed by atoms with van der Waals surface area (Å²) in [6.45, 7) is 6.98. The van der Waals surface area contributed by atoms with Gasteiger partial charge in [0.25, 0.3) is 5.91 Å². The van der Waals surface area contributed by atoms with Crippen LogP contribution in [0, 0.1) is 13.8 Å². The number of H-pyrrole nitrogens is 1. The van der Waals surface area contributed by atoms with Gasteiger partial charge in [-0.05, 0) is 31.9 Å². The van der Waals surface area contributed by atoms with Crippen LogP contribution in [-0.4, -0.2) is 29.4 Å². The minimum atomic E-state index is 0.117. The van der Waals surface area contributed by atoms with Gasteiger partial charge in [-0.2, -0.15) is 0 Å². The molecule has 0 atom stereocenters. The molecule has 1 aromatic carbocycles. The van der Waals surface area contributed by atoms with Crippen LogP contribution >= 0.6 is 0 Å². The molecule has 102 valence electrons. The van der Waals surface area contributed by atoms with Crippen LogP contribution in [-0.2, 0) is 0 Å². The Morgan fingerprint density at radius 3 is 2.74 bits per heavy atom. The highest BCUT2D eigenvalue weighted by Crippen LogP contribution is 2.26. The van der Waals surface area contributed by atoms with Crippen LogP contribution in [0.4, 0.5) is 0 Å². The number of carbonyl (C=O) groups is 1. The molecular weight excluding hydrogens is 236 g/mol. The fourth-order valence-corrected chi connectivity index (χ4v) is 2.51. The van der Waals surface area contributed by atoms with E-state index in [2.05, 4.69) is 24.9 Å². The van der Waals surface area contributed by atoms with Crippen molar-refractivity contribution in [1.29, 1.82) is 0 Å². The van der Waals surface area contributed by atoms with Gasteiger partial charge in [0.2, 0.25) is 0 Å². The van der Waals surface area contributed by atoms with Crippen LogP contribution in [0.1, 0.15) is 41.4 Å². The van der Waals surface area contributed by atoms with Crippen LogP contribution in [0.15, 0.2) is 18.2 Å². The Labute approximate surface area is 114 Å². The van der Waals surface area contributed by atoms with Crippen molar-refractivity contribution in [2.24, 2.45) is 0 Å². The van der Waals surface area contributed by atoms with E-state index < -0.39 is 0 Å². The maximum absolute atomic E-state index is 12.6. The first kappa shape index (κ1) is 13.7. The minimum Gasteiger partial charge on any atom is -0.358 e. The summed E-state index contributed by atoms with van der Waals surface area (Å²) in [6.07, 6.45) is 2.14. The molecule has 0 saturated heterocycles. The van der Waals surface area contributed by atoms with Crippen molar-refractivity contribution in [1.82, 2.24) is 9.88 Å². The molecule has 1 heterocycles. The molecular formula is C16H22N2O. The third-order valence-corrected chi connectivity index (χ3v) is 3.63. The van der Waals surface area contributed by atoms with Crippen LogP contribution in [0.3, 0.4) is 0 Å². The normalized spacial score (nSPS) is 10.9. The molecule has 2 aromatic rings. The average Bonchev–Trinajstić information content (AvgIpc) is 2.72. The van der Waals surface area contributed by atoms with E-state index in [0.717, 1.165) is 47.1 Å². The molecule has 1 aromatic heterocycles. The van der Waals surface area contributed by atoms with Gasteiger partial charge in [-0.15, -0.1) is 0 Å². The van der Waals surface area contributed by atoms with E-state index in [1.807, 2.05) is 31.0 Å². The summed E-state index contributed by atoms with van der Waals surface area (Å²) < 4.78 is 0. The first-order chi connectivity index (χ1) is 9.06. The predicted octanol–water partition coefficient (Wildman–Crippen LogP) is 3.66. The van der Waals surface area contributed by atoms with E-state index in [0.29, 0.717) is 0 Å². The van der Waals surface area contributed by atoms with E-state index in [4.69, 9.17) is 0 Å². The van der Waals surface area contributed by atoms with Gasteiger partial charge in [-0.3, -0.25) is 4.79 Å². The molecule has 0 aliphatic carbocycles. The fraction of sp³-hybridized carbons (Fsp3) is 0.438. The van der Waals surface area contributed by atoms with Crippen molar-refractivity contribution in [3.05, 3.63) is 35.0 Å². The molecule has 0 bridgehead atoms. The predicted molar refractivity (Wildman–Crippen MR) is 79.6 cm³/mol. The number of carbonyl (C=O) groups excluding carboxylic acids is 1. The smallest absolute Gasteiger partial charge is 0.256 e. The standard InChI is InChI=1S/C16H22N2O/c1-5-6-10-18(4)16(19)15-12(3)17-13-9-7-8-11(2)14(13)15/h7-9,17H,5-6,10H2,1-4H3. The molecule has 0 aliphatic rings. The lowest BCUT2D eigenvalue weighted by Gasteiger charge is -2.17. The van der Waals surface area contributed by atoms with Crippen LogP contribution in [0.2, 0.25) is 0 Å². The van der Waals surface area contributed by atoms with Gasteiger partial charge < -0.3 is 9.88 Å². The lowest BCUT2D eigenvalue weighted by atomic mass is 10.0. The number of amides is 1. The van der Waals surface area contributed by atoms with E-state index >= 15 is 0 Å². The minimum absolute atomic E-state index is 0.117. The van der Waals surface area contributed by atoms with Crippen molar-refractivity contribution in [2.45, 2.75) is 33.6 Å². The molecule has 0 aliphatic heterocycles. The number of hydrogen-bond acceptors (Lipinski definition) is 1. The first-order valence-corrected chi connectivity index (χ1v) is 6.89. The van der Waals surface area contributed by atoms with Crippen LogP contribution in [0.5, 0.6) is 0 Å². The third kappa shape index (κ3) is 2.50. The van der Waals surface area contributed by atoms with Crippen molar-refractivity contribution in [3.8, 4) is 0 Å². The van der Waals surface area contributed by atoms with Gasteiger partial charge in [-0.1, -0.05) is 25.5 Å². The average molecular weight is 258 g/mol. The Balaban J connectivity index is 2.44. The van der Waals surface area contributed by atoms with E-state index in [1.165, 1.54) is 0 Å². The molecule has 19 heavy (non-hydrogen) atoms. The number of rotatable bonds is 4. The second-order valence-electron chi connectivity index (χ2n) is 5.20. The van der Waals surface area contributed by atoms with Crippen molar-refractivity contribution in [3.63, 3.8) is 0 Å². The number of nitrogens with one attached hydrogen (secondary N) is 1. The van der Waals surface area contributed by atoms with Gasteiger partial charge in [-0.25, -0.2) is 0 Å². The number of hydrogen-bond donors (Lipinski definition) is 1. The zero-order valence-corrected chi connectivity index (χ0v) is 12.2. The number of aryl methyl sites for hydroxylation is 2. The monoisotopic (exact) mass is 258 g/mol. The van der Waals surface area contributed by atoms with Gasteiger partial charge in [0.15, 0.2) is 0 Å². The lowest BCUT2D eigenvalue weighted by molar-refractivity contribution is 0.0794. The highest BCUT2D eigenvalue weighted by molar-refractivity contribution is 6.09. The second-order valence-corrected chi connectivity index (χ2v) is 5.20. The number of aromatic nitrogens is 1. The summed E-state index contributed by atoms with van der Waals surface area (Å²) in [6, 6.07) is 6.10. The quantitative estimate of drug-likeness (QED) is 0.892. The zero-order chi connectivity index (χ0) is 14.0. The van der Waals surface area contributed by atoms with Crippen LogP contribution in [0.25, 0.3) is 10.9 Å². The third-order valence-electron chi connectivity index (χ3n) is 3.63. The Bertz CT molecular complexity index is 598. The molecule has 3 heteroatoms. The Morgan fingerprint density at radius 2 is 2.05 bits per heavy atom. The van der Waals surface area contributed by atoms with Crippen molar-refractivity contribution < 1.29 is 4.79 Å². The summed E-state index contributed by atoms with van der Waals surface area (Å²) in [4.78, 5) is 17.7. The molecule has 0 fully saturated rings. The summed E-state index contributed by atoms with van der Waals surface area (Å²) in [7, 11) is 1.88. The zero-order valence-electron chi connectivity index (χ0n) is 12.2. The largest absolute Gasteiger partial charge is 0.358 e. The first-order valence-electron chi connectivity index (χ1n) is 6.89. The van der Waals surface area contributed by atoms with Gasteiger partial charge in [0.1, 0.15) is 0 Å². The summed E-state index contributed by atoms with van der Waals surface area (Å²) in [5.41, 5.74) is 3.98. The molecule has 0 spiro atoms. The van der Waals surface area contributed by atoms with Gasteiger partial charge >= 0.3 is 0 Å². The number of fused-ring (bicyclic) bond motifs is 1. The van der Waals surface area contributed by atoms with Gasteiger partial charge in [0.05, 0.1) is 5.56 Å². The van der Waals surface area contributed by atoms with Crippen molar-refractivity contribution >= 4 is 16.8 Å². The van der Waals surface area contributed by atoms with E-state index in [-0.39, 0.29) is 5.91 Å². The molecule has 0 saturated carbocycles. The second kappa shape index (κ2) is 5.47. The van der Waals surface area contributed by atoms with E-state index in [9.17, 15) is 4.79 Å². The van der Waals surface area contributed by atoms with Crippen molar-refractivity contribution in [2.75, 3.05) is 13.6 Å². The highest BCUT2D eigenvalue weighted by Gasteiger charge is 2.20. The number of aromatic amines is 1. The maximum Gasteiger partial charge on any atom is 0.256 e. The Kier molecular flexibility index (Phi) is 3.93. The van der Waals surface area contributed by atoms with E-state index in [1.54, 1.807) is 0 Å². The number of unbranched alkanes of at least 4 members (excludes halogenated alkanes) is 1.